The molecule has 0 aliphatic carbocycles. The van der Waals surface area contributed by atoms with Crippen molar-refractivity contribution in [3.63, 3.8) is 0 Å². The summed E-state index contributed by atoms with van der Waals surface area (Å²) in [5, 5.41) is 9.84. The van der Waals surface area contributed by atoms with Crippen LogP contribution in [0.3, 0.4) is 0 Å². The van der Waals surface area contributed by atoms with E-state index in [4.69, 9.17) is 0 Å². The zero-order valence-corrected chi connectivity index (χ0v) is 13.9. The summed E-state index contributed by atoms with van der Waals surface area (Å²) in [5.41, 5.74) is 0. The molecule has 1 saturated heterocycles. The minimum Gasteiger partial charge on any atom is -0.392 e. The van der Waals surface area contributed by atoms with Gasteiger partial charge in [0.15, 0.2) is 0 Å². The van der Waals surface area contributed by atoms with Crippen molar-refractivity contribution in [1.82, 2.24) is 13.5 Å². The van der Waals surface area contributed by atoms with E-state index in [1.165, 1.54) is 4.31 Å². The smallest absolute Gasteiger partial charge is 0.282 e. The highest BCUT2D eigenvalue weighted by Crippen LogP contribution is 2.24. The van der Waals surface area contributed by atoms with Crippen LogP contribution in [-0.2, 0) is 10.2 Å². The fourth-order valence-electron chi connectivity index (χ4n) is 2.72. The van der Waals surface area contributed by atoms with E-state index < -0.39 is 16.3 Å². The van der Waals surface area contributed by atoms with Gasteiger partial charge in [-0.2, -0.15) is 17.0 Å². The Balaban J connectivity index is 2.91. The van der Waals surface area contributed by atoms with Crippen molar-refractivity contribution < 1.29 is 13.5 Å². The van der Waals surface area contributed by atoms with Crippen LogP contribution < -0.4 is 0 Å². The SMILES string of the molecule is CCCN(CCC)S(=O)(=O)N1CC(O)CC1CN(C)C. The summed E-state index contributed by atoms with van der Waals surface area (Å²) in [4.78, 5) is 1.97. The lowest BCUT2D eigenvalue weighted by molar-refractivity contribution is 0.187. The normalized spacial score (nSPS) is 24.9. The molecule has 0 aromatic heterocycles. The Hall–Kier alpha value is -0.210. The first-order valence-corrected chi connectivity index (χ1v) is 8.82. The molecular weight excluding hydrogens is 278 g/mol. The number of hydrogen-bond donors (Lipinski definition) is 1. The number of β-amino-alcohol motifs (C(OH)–C–C–N with tert-alkyl or cyclic N) is 1. The Morgan fingerprint density at radius 1 is 1.20 bits per heavy atom. The maximum Gasteiger partial charge on any atom is 0.282 e. The van der Waals surface area contributed by atoms with Gasteiger partial charge in [0.25, 0.3) is 10.2 Å². The third kappa shape index (κ3) is 4.39. The lowest BCUT2D eigenvalue weighted by Gasteiger charge is -2.31. The molecule has 0 amide bonds. The fraction of sp³-hybridized carbons (Fsp3) is 1.00. The van der Waals surface area contributed by atoms with Crippen molar-refractivity contribution in [2.75, 3.05) is 40.3 Å². The van der Waals surface area contributed by atoms with Crippen LogP contribution in [0.15, 0.2) is 0 Å². The van der Waals surface area contributed by atoms with E-state index in [0.717, 1.165) is 12.8 Å². The molecule has 20 heavy (non-hydrogen) atoms. The van der Waals surface area contributed by atoms with Gasteiger partial charge in [-0.05, 0) is 33.4 Å². The Bertz CT molecular complexity index is 380. The van der Waals surface area contributed by atoms with Gasteiger partial charge in [0.05, 0.1) is 6.10 Å². The van der Waals surface area contributed by atoms with Crippen LogP contribution >= 0.6 is 0 Å². The zero-order chi connectivity index (χ0) is 15.3. The Labute approximate surface area is 123 Å². The predicted molar refractivity (Wildman–Crippen MR) is 80.7 cm³/mol. The topological polar surface area (TPSA) is 64.1 Å². The van der Waals surface area contributed by atoms with Gasteiger partial charge < -0.3 is 10.0 Å². The van der Waals surface area contributed by atoms with E-state index in [-0.39, 0.29) is 12.6 Å². The average molecular weight is 307 g/mol. The lowest BCUT2D eigenvalue weighted by Crippen LogP contribution is -2.49. The average Bonchev–Trinajstić information content (AvgIpc) is 2.69. The van der Waals surface area contributed by atoms with E-state index in [0.29, 0.717) is 26.1 Å². The molecule has 0 aromatic carbocycles. The van der Waals surface area contributed by atoms with Crippen LogP contribution in [0.4, 0.5) is 0 Å². The van der Waals surface area contributed by atoms with Crippen molar-refractivity contribution in [1.29, 1.82) is 0 Å². The summed E-state index contributed by atoms with van der Waals surface area (Å²) >= 11 is 0. The van der Waals surface area contributed by atoms with Crippen LogP contribution in [0.25, 0.3) is 0 Å². The predicted octanol–water partition coefficient (Wildman–Crippen LogP) is 0.350. The molecule has 0 spiro atoms. The van der Waals surface area contributed by atoms with Gasteiger partial charge in [0, 0.05) is 32.2 Å². The van der Waals surface area contributed by atoms with Crippen molar-refractivity contribution in [2.24, 2.45) is 0 Å². The van der Waals surface area contributed by atoms with E-state index >= 15 is 0 Å². The van der Waals surface area contributed by atoms with E-state index in [1.807, 2.05) is 32.8 Å². The van der Waals surface area contributed by atoms with Gasteiger partial charge >= 0.3 is 0 Å². The molecule has 120 valence electrons. The highest BCUT2D eigenvalue weighted by Gasteiger charge is 2.41. The van der Waals surface area contributed by atoms with Gasteiger partial charge in [-0.15, -0.1) is 0 Å². The minimum atomic E-state index is -3.47. The van der Waals surface area contributed by atoms with Crippen LogP contribution in [0, 0.1) is 0 Å². The highest BCUT2D eigenvalue weighted by molar-refractivity contribution is 7.86. The molecule has 0 bridgehead atoms. The first-order chi connectivity index (χ1) is 9.32. The maximum atomic E-state index is 12.8. The summed E-state index contributed by atoms with van der Waals surface area (Å²) in [6.07, 6.45) is 1.56. The van der Waals surface area contributed by atoms with Gasteiger partial charge in [-0.25, -0.2) is 0 Å². The summed E-state index contributed by atoms with van der Waals surface area (Å²) in [6, 6.07) is -0.138. The van der Waals surface area contributed by atoms with E-state index in [1.54, 1.807) is 4.31 Å². The standard InChI is InChI=1S/C13H29N3O3S/c1-5-7-15(8-6-2)20(18,19)16-11-13(17)9-12(16)10-14(3)4/h12-13,17H,5-11H2,1-4H3. The molecule has 6 nitrogen and oxygen atoms in total. The highest BCUT2D eigenvalue weighted by atomic mass is 32.2. The molecule has 2 atom stereocenters. The maximum absolute atomic E-state index is 12.8. The summed E-state index contributed by atoms with van der Waals surface area (Å²) in [7, 11) is 0.371. The van der Waals surface area contributed by atoms with Gasteiger partial charge in [-0.3, -0.25) is 0 Å². The molecule has 1 heterocycles. The molecule has 0 radical (unpaired) electrons. The molecule has 0 saturated carbocycles. The van der Waals surface area contributed by atoms with E-state index in [9.17, 15) is 13.5 Å². The van der Waals surface area contributed by atoms with Crippen LogP contribution in [0.2, 0.25) is 0 Å². The number of hydrogen-bond acceptors (Lipinski definition) is 4. The second kappa shape index (κ2) is 7.70. The fourth-order valence-corrected chi connectivity index (χ4v) is 4.74. The number of aliphatic hydroxyl groups excluding tert-OH is 1. The van der Waals surface area contributed by atoms with Crippen molar-refractivity contribution in [3.05, 3.63) is 0 Å². The first-order valence-electron chi connectivity index (χ1n) is 7.42. The Morgan fingerprint density at radius 2 is 1.75 bits per heavy atom. The molecule has 1 N–H and O–H groups in total. The molecule has 2 unspecified atom stereocenters. The quantitative estimate of drug-likeness (QED) is 0.703. The molecule has 1 fully saturated rings. The molecule has 7 heteroatoms. The number of likely N-dealkylation sites (N-methyl/N-ethyl adjacent to an activating group) is 1. The monoisotopic (exact) mass is 307 g/mol. The Kier molecular flexibility index (Phi) is 6.87. The summed E-state index contributed by atoms with van der Waals surface area (Å²) in [5.74, 6) is 0. The van der Waals surface area contributed by atoms with Crippen LogP contribution in [0.1, 0.15) is 33.1 Å². The molecule has 1 aliphatic rings. The van der Waals surface area contributed by atoms with Gasteiger partial charge in [0.2, 0.25) is 0 Å². The molecule has 1 rings (SSSR count). The first kappa shape index (κ1) is 17.8. The van der Waals surface area contributed by atoms with Crippen molar-refractivity contribution in [2.45, 2.75) is 45.3 Å². The molecular formula is C13H29N3O3S. The second-order valence-corrected chi connectivity index (χ2v) is 7.66. The summed E-state index contributed by atoms with van der Waals surface area (Å²) in [6.45, 7) is 5.89. The van der Waals surface area contributed by atoms with Crippen LogP contribution in [-0.4, -0.2) is 79.5 Å². The number of nitrogens with zero attached hydrogens (tertiary/aromatic N) is 3. The third-order valence-electron chi connectivity index (χ3n) is 3.49. The minimum absolute atomic E-state index is 0.138. The van der Waals surface area contributed by atoms with Crippen LogP contribution in [0.5, 0.6) is 0 Å². The molecule has 0 aromatic rings. The zero-order valence-electron chi connectivity index (χ0n) is 13.1. The third-order valence-corrected chi connectivity index (χ3v) is 5.54. The van der Waals surface area contributed by atoms with Gasteiger partial charge in [-0.1, -0.05) is 13.8 Å². The van der Waals surface area contributed by atoms with E-state index in [2.05, 4.69) is 0 Å². The Morgan fingerprint density at radius 3 is 2.20 bits per heavy atom. The number of rotatable bonds is 8. The van der Waals surface area contributed by atoms with Crippen molar-refractivity contribution >= 4 is 10.2 Å². The van der Waals surface area contributed by atoms with Crippen molar-refractivity contribution in [3.8, 4) is 0 Å². The second-order valence-electron chi connectivity index (χ2n) is 5.78. The summed E-state index contributed by atoms with van der Waals surface area (Å²) < 4.78 is 28.6. The lowest BCUT2D eigenvalue weighted by atomic mass is 10.2. The largest absolute Gasteiger partial charge is 0.392 e. The molecule has 1 aliphatic heterocycles. The van der Waals surface area contributed by atoms with Gasteiger partial charge in [0.1, 0.15) is 0 Å². The number of aliphatic hydroxyl groups is 1.